The maximum atomic E-state index is 11.5. The van der Waals surface area contributed by atoms with E-state index in [1.54, 1.807) is 26.4 Å². The molecule has 0 saturated carbocycles. The van der Waals surface area contributed by atoms with Crippen molar-refractivity contribution in [1.82, 2.24) is 0 Å². The van der Waals surface area contributed by atoms with Gasteiger partial charge in [0, 0.05) is 11.1 Å². The van der Waals surface area contributed by atoms with Crippen LogP contribution in [0.1, 0.15) is 15.9 Å². The fraction of sp³-hybridized carbons (Fsp3) is 0.250. The lowest BCUT2D eigenvalue weighted by atomic mass is 10.0. The molecule has 0 heterocycles. The second kappa shape index (κ2) is 4.64. The average Bonchev–Trinajstić information content (AvgIpc) is 2.27. The fourth-order valence-electron chi connectivity index (χ4n) is 1.46. The molecule has 80 valence electrons. The zero-order valence-electron chi connectivity index (χ0n) is 9.16. The first-order valence-corrected chi connectivity index (χ1v) is 4.54. The maximum Gasteiger partial charge on any atom is 0.185 e. The van der Waals surface area contributed by atoms with E-state index in [2.05, 4.69) is 6.58 Å². The zero-order chi connectivity index (χ0) is 11.4. The summed E-state index contributed by atoms with van der Waals surface area (Å²) in [6, 6.07) is 3.42. The summed E-state index contributed by atoms with van der Waals surface area (Å²) in [6.07, 6.45) is 1.29. The van der Waals surface area contributed by atoms with Gasteiger partial charge in [0.25, 0.3) is 0 Å². The lowest BCUT2D eigenvalue weighted by Gasteiger charge is -2.12. The number of allylic oxidation sites excluding steroid dienone is 1. The van der Waals surface area contributed by atoms with Gasteiger partial charge in [-0.3, -0.25) is 4.79 Å². The van der Waals surface area contributed by atoms with Crippen molar-refractivity contribution in [1.29, 1.82) is 0 Å². The summed E-state index contributed by atoms with van der Waals surface area (Å²) in [5, 5.41) is 0. The van der Waals surface area contributed by atoms with Crippen LogP contribution in [-0.4, -0.2) is 20.0 Å². The van der Waals surface area contributed by atoms with Crippen molar-refractivity contribution in [2.45, 2.75) is 6.92 Å². The van der Waals surface area contributed by atoms with E-state index in [9.17, 15) is 4.79 Å². The largest absolute Gasteiger partial charge is 0.493 e. The lowest BCUT2D eigenvalue weighted by Crippen LogP contribution is -2.01. The monoisotopic (exact) mass is 206 g/mol. The number of benzene rings is 1. The first-order valence-electron chi connectivity index (χ1n) is 4.54. The van der Waals surface area contributed by atoms with Gasteiger partial charge in [0.15, 0.2) is 17.3 Å². The highest BCUT2D eigenvalue weighted by Gasteiger charge is 2.13. The highest BCUT2D eigenvalue weighted by molar-refractivity contribution is 6.05. The van der Waals surface area contributed by atoms with Gasteiger partial charge >= 0.3 is 0 Å². The van der Waals surface area contributed by atoms with Crippen LogP contribution in [0, 0.1) is 6.92 Å². The Balaban J connectivity index is 3.35. The Bertz CT molecular complexity index is 394. The van der Waals surface area contributed by atoms with Crippen LogP contribution in [0.3, 0.4) is 0 Å². The average molecular weight is 206 g/mol. The number of hydrogen-bond acceptors (Lipinski definition) is 3. The molecule has 0 atom stereocenters. The molecule has 0 radical (unpaired) electrons. The van der Waals surface area contributed by atoms with Crippen LogP contribution in [0.4, 0.5) is 0 Å². The molecule has 0 aliphatic carbocycles. The van der Waals surface area contributed by atoms with E-state index < -0.39 is 0 Å². The van der Waals surface area contributed by atoms with Gasteiger partial charge in [0.05, 0.1) is 14.2 Å². The van der Waals surface area contributed by atoms with Gasteiger partial charge in [-0.25, -0.2) is 0 Å². The number of ether oxygens (including phenoxy) is 2. The predicted octanol–water partition coefficient (Wildman–Crippen LogP) is 2.38. The standard InChI is InChI=1S/C12H14O3/c1-5-10(13)9-6-7-11(14-3)12(15-4)8(9)2/h5-7H,1H2,2-4H3. The summed E-state index contributed by atoms with van der Waals surface area (Å²) in [6.45, 7) is 5.27. The van der Waals surface area contributed by atoms with Gasteiger partial charge in [-0.2, -0.15) is 0 Å². The van der Waals surface area contributed by atoms with Crippen LogP contribution in [0.2, 0.25) is 0 Å². The molecule has 0 amide bonds. The molecule has 0 unspecified atom stereocenters. The van der Waals surface area contributed by atoms with Crippen molar-refractivity contribution in [3.63, 3.8) is 0 Å². The summed E-state index contributed by atoms with van der Waals surface area (Å²) in [4.78, 5) is 11.5. The van der Waals surface area contributed by atoms with E-state index in [4.69, 9.17) is 9.47 Å². The lowest BCUT2D eigenvalue weighted by molar-refractivity contribution is 0.104. The Labute approximate surface area is 89.3 Å². The highest BCUT2D eigenvalue weighted by atomic mass is 16.5. The maximum absolute atomic E-state index is 11.5. The van der Waals surface area contributed by atoms with E-state index in [-0.39, 0.29) is 5.78 Å². The van der Waals surface area contributed by atoms with Crippen LogP contribution in [0.5, 0.6) is 11.5 Å². The van der Waals surface area contributed by atoms with Gasteiger partial charge in [0.2, 0.25) is 0 Å². The van der Waals surface area contributed by atoms with Crippen LogP contribution in [0.15, 0.2) is 24.8 Å². The Hall–Kier alpha value is -1.77. The number of methoxy groups -OCH3 is 2. The minimum Gasteiger partial charge on any atom is -0.493 e. The van der Waals surface area contributed by atoms with Crippen molar-refractivity contribution in [2.24, 2.45) is 0 Å². The van der Waals surface area contributed by atoms with Gasteiger partial charge in [0.1, 0.15) is 0 Å². The predicted molar refractivity (Wildman–Crippen MR) is 58.8 cm³/mol. The van der Waals surface area contributed by atoms with Crippen molar-refractivity contribution >= 4 is 5.78 Å². The van der Waals surface area contributed by atoms with Crippen molar-refractivity contribution in [2.75, 3.05) is 14.2 Å². The Morgan fingerprint density at radius 2 is 2.00 bits per heavy atom. The smallest absolute Gasteiger partial charge is 0.185 e. The molecular weight excluding hydrogens is 192 g/mol. The van der Waals surface area contributed by atoms with E-state index in [0.29, 0.717) is 17.1 Å². The van der Waals surface area contributed by atoms with Gasteiger partial charge in [-0.1, -0.05) is 6.58 Å². The van der Waals surface area contributed by atoms with Crippen LogP contribution in [0.25, 0.3) is 0 Å². The quantitative estimate of drug-likeness (QED) is 0.560. The Morgan fingerprint density at radius 1 is 1.33 bits per heavy atom. The second-order valence-corrected chi connectivity index (χ2v) is 3.04. The molecule has 3 nitrogen and oxygen atoms in total. The highest BCUT2D eigenvalue weighted by Crippen LogP contribution is 2.32. The molecular formula is C12H14O3. The van der Waals surface area contributed by atoms with Crippen molar-refractivity contribution < 1.29 is 14.3 Å². The molecule has 15 heavy (non-hydrogen) atoms. The second-order valence-electron chi connectivity index (χ2n) is 3.04. The van der Waals surface area contributed by atoms with Crippen LogP contribution < -0.4 is 9.47 Å². The number of hydrogen-bond donors (Lipinski definition) is 0. The molecule has 0 bridgehead atoms. The van der Waals surface area contributed by atoms with E-state index in [0.717, 1.165) is 5.56 Å². The zero-order valence-corrected chi connectivity index (χ0v) is 9.16. The summed E-state index contributed by atoms with van der Waals surface area (Å²) in [5.74, 6) is 1.09. The molecule has 1 aromatic rings. The molecule has 0 N–H and O–H groups in total. The molecule has 0 saturated heterocycles. The number of carbonyl (C=O) groups excluding carboxylic acids is 1. The van der Waals surface area contributed by atoms with Crippen molar-refractivity contribution in [3.05, 3.63) is 35.9 Å². The first-order chi connectivity index (χ1) is 7.15. The normalized spacial score (nSPS) is 9.53. The topological polar surface area (TPSA) is 35.5 Å². The third kappa shape index (κ3) is 2.01. The molecule has 0 aliphatic rings. The molecule has 0 aliphatic heterocycles. The third-order valence-electron chi connectivity index (χ3n) is 2.24. The number of ketones is 1. The molecule has 1 aromatic carbocycles. The fourth-order valence-corrected chi connectivity index (χ4v) is 1.46. The van der Waals surface area contributed by atoms with E-state index in [1.165, 1.54) is 6.08 Å². The SMILES string of the molecule is C=CC(=O)c1ccc(OC)c(OC)c1C. The van der Waals surface area contributed by atoms with Gasteiger partial charge < -0.3 is 9.47 Å². The molecule has 0 spiro atoms. The van der Waals surface area contributed by atoms with Gasteiger partial charge in [-0.15, -0.1) is 0 Å². The summed E-state index contributed by atoms with van der Waals surface area (Å²) in [7, 11) is 3.11. The minimum absolute atomic E-state index is 0.117. The molecule has 3 heteroatoms. The number of carbonyl (C=O) groups is 1. The molecule has 1 rings (SSSR count). The first kappa shape index (κ1) is 11.3. The molecule has 0 fully saturated rings. The van der Waals surface area contributed by atoms with Crippen LogP contribution >= 0.6 is 0 Å². The number of rotatable bonds is 4. The van der Waals surface area contributed by atoms with Crippen molar-refractivity contribution in [3.8, 4) is 11.5 Å². The van der Waals surface area contributed by atoms with E-state index in [1.807, 2.05) is 6.92 Å². The Morgan fingerprint density at radius 3 is 2.47 bits per heavy atom. The van der Waals surface area contributed by atoms with E-state index >= 15 is 0 Å². The Kier molecular flexibility index (Phi) is 3.50. The summed E-state index contributed by atoms with van der Waals surface area (Å²) in [5.41, 5.74) is 1.35. The molecule has 0 aromatic heterocycles. The summed E-state index contributed by atoms with van der Waals surface area (Å²) >= 11 is 0. The van der Waals surface area contributed by atoms with Crippen LogP contribution in [-0.2, 0) is 0 Å². The summed E-state index contributed by atoms with van der Waals surface area (Å²) < 4.78 is 10.3. The van der Waals surface area contributed by atoms with Gasteiger partial charge in [-0.05, 0) is 25.1 Å². The minimum atomic E-state index is -0.117. The third-order valence-corrected chi connectivity index (χ3v) is 2.24.